The second kappa shape index (κ2) is 5.45. The molecule has 0 atom stereocenters. The van der Waals surface area contributed by atoms with Crippen LogP contribution in [0.2, 0.25) is 0 Å². The van der Waals surface area contributed by atoms with Gasteiger partial charge < -0.3 is 11.5 Å². The number of nitrogens with one attached hydrogen (secondary N) is 1. The summed E-state index contributed by atoms with van der Waals surface area (Å²) in [6.07, 6.45) is 1.06. The smallest absolute Gasteiger partial charge is 0.229 e. The number of hydrogen-bond acceptors (Lipinski definition) is 5. The first-order valence-electron chi connectivity index (χ1n) is 6.04. The molecule has 6 nitrogen and oxygen atoms in total. The fourth-order valence-corrected chi connectivity index (χ4v) is 2.41. The van der Waals surface area contributed by atoms with Crippen LogP contribution >= 0.6 is 0 Å². The van der Waals surface area contributed by atoms with Crippen molar-refractivity contribution in [2.24, 2.45) is 0 Å². The van der Waals surface area contributed by atoms with Gasteiger partial charge in [0.1, 0.15) is 0 Å². The lowest BCUT2D eigenvalue weighted by atomic mass is 10.0. The highest BCUT2D eigenvalue weighted by Crippen LogP contribution is 2.20. The highest BCUT2D eigenvalue weighted by Gasteiger charge is 2.12. The number of nitrogen functional groups attached to an aromatic ring is 2. The van der Waals surface area contributed by atoms with Gasteiger partial charge in [0.2, 0.25) is 10.0 Å². The van der Waals surface area contributed by atoms with Crippen molar-refractivity contribution < 1.29 is 13.2 Å². The molecule has 0 aliphatic carbocycles. The molecule has 0 aliphatic heterocycles. The van der Waals surface area contributed by atoms with Gasteiger partial charge in [-0.1, -0.05) is 0 Å². The normalized spacial score (nSPS) is 11.1. The topological polar surface area (TPSA) is 115 Å². The minimum absolute atomic E-state index is 0.251. The highest BCUT2D eigenvalue weighted by molar-refractivity contribution is 7.92. The lowest BCUT2D eigenvalue weighted by Gasteiger charge is -2.07. The SMILES string of the molecule is CS(=O)(=O)Nc1ccc(C(=O)c2ccc(N)cc2N)cc1. The number of hydrogen-bond donors (Lipinski definition) is 3. The Morgan fingerprint density at radius 1 is 1.05 bits per heavy atom. The molecule has 7 heteroatoms. The molecule has 2 rings (SSSR count). The lowest BCUT2D eigenvalue weighted by Crippen LogP contribution is -2.10. The van der Waals surface area contributed by atoms with E-state index in [1.165, 1.54) is 30.3 Å². The summed E-state index contributed by atoms with van der Waals surface area (Å²) in [5, 5.41) is 0. The lowest BCUT2D eigenvalue weighted by molar-refractivity contribution is 0.103. The quantitative estimate of drug-likeness (QED) is 0.584. The molecule has 0 heterocycles. The largest absolute Gasteiger partial charge is 0.399 e. The zero-order chi connectivity index (χ0) is 15.6. The monoisotopic (exact) mass is 305 g/mol. The average molecular weight is 305 g/mol. The Labute approximate surface area is 122 Å². The molecule has 21 heavy (non-hydrogen) atoms. The number of ketones is 1. The first kappa shape index (κ1) is 14.9. The molecular formula is C14H15N3O3S. The number of carbonyl (C=O) groups is 1. The van der Waals surface area contributed by atoms with Gasteiger partial charge in [0.25, 0.3) is 0 Å². The van der Waals surface area contributed by atoms with Crippen molar-refractivity contribution in [3.8, 4) is 0 Å². The molecule has 0 amide bonds. The molecule has 0 aliphatic rings. The van der Waals surface area contributed by atoms with Crippen molar-refractivity contribution >= 4 is 32.9 Å². The van der Waals surface area contributed by atoms with Crippen LogP contribution in [0.25, 0.3) is 0 Å². The van der Waals surface area contributed by atoms with Crippen LogP contribution in [-0.2, 0) is 10.0 Å². The molecule has 0 saturated heterocycles. The molecule has 0 saturated carbocycles. The average Bonchev–Trinajstić information content (AvgIpc) is 2.37. The second-order valence-corrected chi connectivity index (χ2v) is 6.38. The number of carbonyl (C=O) groups excluding carboxylic acids is 1. The van der Waals surface area contributed by atoms with Crippen LogP contribution in [0.5, 0.6) is 0 Å². The molecule has 0 bridgehead atoms. The van der Waals surface area contributed by atoms with Crippen LogP contribution in [0.15, 0.2) is 42.5 Å². The minimum Gasteiger partial charge on any atom is -0.399 e. The Hall–Kier alpha value is -2.54. The minimum atomic E-state index is -3.34. The van der Waals surface area contributed by atoms with Crippen LogP contribution in [0, 0.1) is 0 Å². The third-order valence-corrected chi connectivity index (χ3v) is 3.38. The second-order valence-electron chi connectivity index (χ2n) is 4.63. The molecule has 2 aromatic rings. The third kappa shape index (κ3) is 3.73. The predicted octanol–water partition coefficient (Wildman–Crippen LogP) is 1.45. The van der Waals surface area contributed by atoms with Gasteiger partial charge in [0, 0.05) is 28.2 Å². The maximum atomic E-state index is 12.3. The first-order chi connectivity index (χ1) is 9.76. The summed E-state index contributed by atoms with van der Waals surface area (Å²) in [4.78, 5) is 12.3. The van der Waals surface area contributed by atoms with E-state index in [0.29, 0.717) is 28.2 Å². The van der Waals surface area contributed by atoms with Crippen LogP contribution in [0.4, 0.5) is 17.1 Å². The molecule has 0 aromatic heterocycles. The summed E-state index contributed by atoms with van der Waals surface area (Å²) in [7, 11) is -3.34. The van der Waals surface area contributed by atoms with E-state index in [1.54, 1.807) is 12.1 Å². The van der Waals surface area contributed by atoms with Gasteiger partial charge in [0.05, 0.1) is 6.26 Å². The van der Waals surface area contributed by atoms with Gasteiger partial charge in [-0.15, -0.1) is 0 Å². The van der Waals surface area contributed by atoms with Gasteiger partial charge in [-0.3, -0.25) is 9.52 Å². The molecule has 5 N–H and O–H groups in total. The van der Waals surface area contributed by atoms with Crippen LogP contribution in [0.1, 0.15) is 15.9 Å². The number of benzene rings is 2. The number of anilines is 3. The molecule has 110 valence electrons. The Kier molecular flexibility index (Phi) is 3.86. The van der Waals surface area contributed by atoms with Crippen molar-refractivity contribution in [2.75, 3.05) is 22.4 Å². The predicted molar refractivity (Wildman–Crippen MR) is 83.6 cm³/mol. The molecule has 0 radical (unpaired) electrons. The molecule has 0 spiro atoms. The van der Waals surface area contributed by atoms with Gasteiger partial charge in [-0.05, 0) is 42.5 Å². The maximum absolute atomic E-state index is 12.3. The maximum Gasteiger partial charge on any atom is 0.229 e. The van der Waals surface area contributed by atoms with Gasteiger partial charge in [0.15, 0.2) is 5.78 Å². The Morgan fingerprint density at radius 2 is 1.67 bits per heavy atom. The van der Waals surface area contributed by atoms with Crippen LogP contribution < -0.4 is 16.2 Å². The Bertz CT molecular complexity index is 784. The Balaban J connectivity index is 2.28. The summed E-state index contributed by atoms with van der Waals surface area (Å²) < 4.78 is 24.5. The van der Waals surface area contributed by atoms with Gasteiger partial charge >= 0.3 is 0 Å². The van der Waals surface area contributed by atoms with E-state index in [-0.39, 0.29) is 5.78 Å². The number of rotatable bonds is 4. The van der Waals surface area contributed by atoms with Crippen molar-refractivity contribution in [3.63, 3.8) is 0 Å². The van der Waals surface area contributed by atoms with Crippen molar-refractivity contribution in [3.05, 3.63) is 53.6 Å². The zero-order valence-electron chi connectivity index (χ0n) is 11.3. The van der Waals surface area contributed by atoms with E-state index >= 15 is 0 Å². The third-order valence-electron chi connectivity index (χ3n) is 2.77. The molecule has 0 unspecified atom stereocenters. The molecular weight excluding hydrogens is 290 g/mol. The van der Waals surface area contributed by atoms with E-state index in [1.807, 2.05) is 0 Å². The van der Waals surface area contributed by atoms with E-state index in [4.69, 9.17) is 11.5 Å². The summed E-state index contributed by atoms with van der Waals surface area (Å²) in [5.74, 6) is -0.251. The zero-order valence-corrected chi connectivity index (χ0v) is 12.1. The molecule has 2 aromatic carbocycles. The molecule has 0 fully saturated rings. The van der Waals surface area contributed by atoms with Crippen LogP contribution in [0.3, 0.4) is 0 Å². The van der Waals surface area contributed by atoms with E-state index in [9.17, 15) is 13.2 Å². The fourth-order valence-electron chi connectivity index (χ4n) is 1.85. The first-order valence-corrected chi connectivity index (χ1v) is 7.93. The standard InChI is InChI=1S/C14H15N3O3S/c1-21(19,20)17-11-5-2-9(3-6-11)14(18)12-7-4-10(15)8-13(12)16/h2-8,17H,15-16H2,1H3. The summed E-state index contributed by atoms with van der Waals surface area (Å²) >= 11 is 0. The van der Waals surface area contributed by atoms with E-state index < -0.39 is 10.0 Å². The van der Waals surface area contributed by atoms with E-state index in [2.05, 4.69) is 4.72 Å². The number of sulfonamides is 1. The highest BCUT2D eigenvalue weighted by atomic mass is 32.2. The summed E-state index contributed by atoms with van der Waals surface area (Å²) in [5.41, 5.74) is 13.3. The van der Waals surface area contributed by atoms with E-state index in [0.717, 1.165) is 6.26 Å². The summed E-state index contributed by atoms with van der Waals surface area (Å²) in [6.45, 7) is 0. The van der Waals surface area contributed by atoms with Crippen molar-refractivity contribution in [1.82, 2.24) is 0 Å². The Morgan fingerprint density at radius 3 is 2.19 bits per heavy atom. The van der Waals surface area contributed by atoms with Crippen molar-refractivity contribution in [1.29, 1.82) is 0 Å². The fraction of sp³-hybridized carbons (Fsp3) is 0.0714. The van der Waals surface area contributed by atoms with Crippen LogP contribution in [-0.4, -0.2) is 20.5 Å². The van der Waals surface area contributed by atoms with Gasteiger partial charge in [-0.2, -0.15) is 0 Å². The van der Waals surface area contributed by atoms with Crippen molar-refractivity contribution in [2.45, 2.75) is 0 Å². The summed E-state index contributed by atoms with van der Waals surface area (Å²) in [6, 6.07) is 10.8. The van der Waals surface area contributed by atoms with Gasteiger partial charge in [-0.25, -0.2) is 8.42 Å². The number of nitrogens with two attached hydrogens (primary N) is 2.